The highest BCUT2D eigenvalue weighted by Crippen LogP contribution is 2.38. The number of nitrogens with one attached hydrogen (secondary N) is 2. The molecule has 0 bridgehead atoms. The van der Waals surface area contributed by atoms with Gasteiger partial charge in [-0.2, -0.15) is 5.10 Å². The first kappa shape index (κ1) is 26.0. The third-order valence-electron chi connectivity index (χ3n) is 5.44. The molecule has 2 N–H and O–H groups in total. The van der Waals surface area contributed by atoms with Crippen LogP contribution in [0.15, 0.2) is 42.7 Å². The molecule has 0 saturated carbocycles. The number of ether oxygens (including phenoxy) is 1. The summed E-state index contributed by atoms with van der Waals surface area (Å²) in [5.41, 5.74) is -0.424. The number of carbonyl (C=O) groups is 1. The van der Waals surface area contributed by atoms with E-state index in [4.69, 9.17) is 11.6 Å². The molecule has 4 rings (SSSR count). The first-order valence-electron chi connectivity index (χ1n) is 11.0. The van der Waals surface area contributed by atoms with E-state index in [1.165, 1.54) is 24.3 Å². The second kappa shape index (κ2) is 11.2. The summed E-state index contributed by atoms with van der Waals surface area (Å²) >= 11 is 4.79. The van der Waals surface area contributed by atoms with Crippen LogP contribution in [0, 0.1) is 12.8 Å². The zero-order valence-corrected chi connectivity index (χ0v) is 20.1. The maximum atomic E-state index is 13.2. The van der Waals surface area contributed by atoms with Gasteiger partial charge in [-0.15, -0.1) is 21.6 Å². The number of carbonyl (C=O) groups excluding carboxylic acids is 1. The number of hydrogen-bond donors (Lipinski definition) is 2. The van der Waals surface area contributed by atoms with Crippen molar-refractivity contribution >= 4 is 29.0 Å². The quantitative estimate of drug-likeness (QED) is 0.313. The van der Waals surface area contributed by atoms with E-state index in [2.05, 4.69) is 43.0 Å². The second-order valence-corrected chi connectivity index (χ2v) is 8.57. The fourth-order valence-corrected chi connectivity index (χ4v) is 4.15. The summed E-state index contributed by atoms with van der Waals surface area (Å²) in [6.45, 7) is 5.87. The number of hydrogen-bond acceptors (Lipinski definition) is 5. The molecule has 1 aliphatic rings. The van der Waals surface area contributed by atoms with Crippen molar-refractivity contribution in [1.82, 2.24) is 15.2 Å². The number of nitrogens with zero attached hydrogens (tertiary/aromatic N) is 3. The van der Waals surface area contributed by atoms with E-state index in [9.17, 15) is 13.6 Å². The average Bonchev–Trinajstić information content (AvgIpc) is 3.54. The molecule has 0 atom stereocenters. The van der Waals surface area contributed by atoms with Gasteiger partial charge in [0.05, 0.1) is 11.3 Å². The summed E-state index contributed by atoms with van der Waals surface area (Å²) in [7, 11) is 0. The van der Waals surface area contributed by atoms with Crippen LogP contribution >= 0.6 is 11.6 Å². The number of rotatable bonds is 7. The molecule has 2 aromatic heterocycles. The van der Waals surface area contributed by atoms with Crippen molar-refractivity contribution in [3.63, 3.8) is 0 Å². The SMILES string of the molecule is C#C.CC(C)c1c(C(=O)Nc2ccc(OC(F)(F)Cl)cc2)cnc(N2CCCC2)c1-c1ccn[nH]1. The van der Waals surface area contributed by atoms with Gasteiger partial charge >= 0.3 is 5.57 Å². The van der Waals surface area contributed by atoms with Crippen LogP contribution in [0.4, 0.5) is 20.3 Å². The molecule has 0 aliphatic carbocycles. The van der Waals surface area contributed by atoms with Crippen molar-refractivity contribution in [2.24, 2.45) is 0 Å². The number of anilines is 2. The Kier molecular flexibility index (Phi) is 8.30. The minimum Gasteiger partial charge on any atom is -0.420 e. The molecular formula is C25H26ClF2N5O2. The van der Waals surface area contributed by atoms with Gasteiger partial charge in [0.25, 0.3) is 5.91 Å². The van der Waals surface area contributed by atoms with Crippen molar-refractivity contribution < 1.29 is 18.3 Å². The highest BCUT2D eigenvalue weighted by atomic mass is 35.5. The van der Waals surface area contributed by atoms with Crippen molar-refractivity contribution in [3.05, 3.63) is 53.9 Å². The lowest BCUT2D eigenvalue weighted by molar-refractivity contribution is -0.0964. The van der Waals surface area contributed by atoms with Crippen molar-refractivity contribution in [2.45, 2.75) is 38.2 Å². The van der Waals surface area contributed by atoms with Gasteiger partial charge in [-0.3, -0.25) is 9.89 Å². The molecule has 10 heteroatoms. The lowest BCUT2D eigenvalue weighted by atomic mass is 9.91. The highest BCUT2D eigenvalue weighted by Gasteiger charge is 2.28. The predicted molar refractivity (Wildman–Crippen MR) is 133 cm³/mol. The number of alkyl halides is 3. The third-order valence-corrected chi connectivity index (χ3v) is 5.52. The van der Waals surface area contributed by atoms with Gasteiger partial charge in [0, 0.05) is 48.3 Å². The minimum absolute atomic E-state index is 0.0233. The van der Waals surface area contributed by atoms with Crippen LogP contribution in [0.2, 0.25) is 0 Å². The number of pyridine rings is 1. The molecule has 0 unspecified atom stereocenters. The van der Waals surface area contributed by atoms with Gasteiger partial charge in [-0.25, -0.2) is 4.98 Å². The molecule has 0 spiro atoms. The van der Waals surface area contributed by atoms with E-state index in [1.807, 2.05) is 19.9 Å². The zero-order valence-electron chi connectivity index (χ0n) is 19.4. The molecule has 0 radical (unpaired) electrons. The van der Waals surface area contributed by atoms with Crippen LogP contribution in [0.5, 0.6) is 5.75 Å². The summed E-state index contributed by atoms with van der Waals surface area (Å²) in [5.74, 6) is 0.390. The number of H-pyrrole nitrogens is 1. The average molecular weight is 502 g/mol. The molecule has 3 aromatic rings. The van der Waals surface area contributed by atoms with E-state index in [-0.39, 0.29) is 17.6 Å². The Morgan fingerprint density at radius 3 is 2.40 bits per heavy atom. The molecular weight excluding hydrogens is 476 g/mol. The van der Waals surface area contributed by atoms with Crippen molar-refractivity contribution in [1.29, 1.82) is 0 Å². The van der Waals surface area contributed by atoms with Crippen molar-refractivity contribution in [3.8, 4) is 29.9 Å². The molecule has 1 aliphatic heterocycles. The van der Waals surface area contributed by atoms with Gasteiger partial charge < -0.3 is 15.0 Å². The van der Waals surface area contributed by atoms with Gasteiger partial charge in [0.1, 0.15) is 11.6 Å². The molecule has 1 aromatic carbocycles. The predicted octanol–water partition coefficient (Wildman–Crippen LogP) is 5.86. The summed E-state index contributed by atoms with van der Waals surface area (Å²) < 4.78 is 29.9. The van der Waals surface area contributed by atoms with Gasteiger partial charge in [-0.1, -0.05) is 13.8 Å². The Balaban J connectivity index is 0.00000167. The van der Waals surface area contributed by atoms with Crippen LogP contribution in [-0.4, -0.2) is 39.7 Å². The first-order chi connectivity index (χ1) is 16.7. The summed E-state index contributed by atoms with van der Waals surface area (Å²) in [4.78, 5) is 20.2. The second-order valence-electron chi connectivity index (χ2n) is 8.13. The molecule has 184 valence electrons. The van der Waals surface area contributed by atoms with Gasteiger partial charge in [0.15, 0.2) is 0 Å². The fraction of sp³-hybridized carbons (Fsp3) is 0.320. The van der Waals surface area contributed by atoms with E-state index < -0.39 is 5.57 Å². The fourth-order valence-electron chi connectivity index (χ4n) is 4.06. The number of aromatic amines is 1. The van der Waals surface area contributed by atoms with E-state index in [0.717, 1.165) is 48.6 Å². The number of terminal acetylenes is 1. The Labute approximate surface area is 207 Å². The summed E-state index contributed by atoms with van der Waals surface area (Å²) in [5, 5.41) is 9.93. The number of aromatic nitrogens is 3. The first-order valence-corrected chi connectivity index (χ1v) is 11.4. The molecule has 1 fully saturated rings. The van der Waals surface area contributed by atoms with Crippen LogP contribution in [0.25, 0.3) is 11.3 Å². The maximum Gasteiger partial charge on any atom is 0.487 e. The molecule has 1 amide bonds. The maximum absolute atomic E-state index is 13.2. The van der Waals surface area contributed by atoms with Crippen molar-refractivity contribution in [2.75, 3.05) is 23.3 Å². The van der Waals surface area contributed by atoms with Gasteiger partial charge in [-0.05, 0) is 54.7 Å². The Hall–Kier alpha value is -3.64. The minimum atomic E-state index is -3.80. The standard InChI is InChI=1S/C23H24ClF2N5O2.C2H2/c1-14(2)19-17(22(32)29-15-5-7-16(8-6-15)33-23(24,25)26)13-27-21(31-11-3-4-12-31)20(19)18-9-10-28-30-18;1-2/h5-10,13-14H,3-4,11-12H2,1-2H3,(H,28,30)(H,29,32);1-2H. The summed E-state index contributed by atoms with van der Waals surface area (Å²) in [6.07, 6.45) is 13.5. The Bertz CT molecular complexity index is 1150. The Morgan fingerprint density at radius 1 is 1.20 bits per heavy atom. The Morgan fingerprint density at radius 2 is 1.86 bits per heavy atom. The smallest absolute Gasteiger partial charge is 0.420 e. The van der Waals surface area contributed by atoms with Crippen LogP contribution in [-0.2, 0) is 0 Å². The van der Waals surface area contributed by atoms with Crippen LogP contribution in [0.1, 0.15) is 48.5 Å². The van der Waals surface area contributed by atoms with Crippen LogP contribution < -0.4 is 15.0 Å². The molecule has 35 heavy (non-hydrogen) atoms. The van der Waals surface area contributed by atoms with E-state index in [0.29, 0.717) is 11.3 Å². The topological polar surface area (TPSA) is 83.1 Å². The monoisotopic (exact) mass is 501 g/mol. The van der Waals surface area contributed by atoms with E-state index >= 15 is 0 Å². The van der Waals surface area contributed by atoms with Crippen LogP contribution in [0.3, 0.4) is 0 Å². The zero-order chi connectivity index (χ0) is 25.6. The molecule has 1 saturated heterocycles. The highest BCUT2D eigenvalue weighted by molar-refractivity contribution is 6.20. The number of halogens is 3. The lowest BCUT2D eigenvalue weighted by Crippen LogP contribution is -2.23. The third kappa shape index (κ3) is 6.28. The normalized spacial score (nSPS) is 13.3. The molecule has 3 heterocycles. The number of benzene rings is 1. The molecule has 7 nitrogen and oxygen atoms in total. The largest absolute Gasteiger partial charge is 0.487 e. The lowest BCUT2D eigenvalue weighted by Gasteiger charge is -2.25. The summed E-state index contributed by atoms with van der Waals surface area (Å²) in [6, 6.07) is 7.41. The van der Waals surface area contributed by atoms with Gasteiger partial charge in [0.2, 0.25) is 0 Å². The number of amides is 1. The van der Waals surface area contributed by atoms with E-state index in [1.54, 1.807) is 12.4 Å².